The monoisotopic (exact) mass is 519 g/mol. The topological polar surface area (TPSA) is 103 Å². The first kappa shape index (κ1) is 24.9. The highest BCUT2D eigenvalue weighted by atomic mass is 16.5. The fraction of sp³-hybridized carbons (Fsp3) is 0.333. The van der Waals surface area contributed by atoms with Gasteiger partial charge in [-0.3, -0.25) is 4.90 Å². The van der Waals surface area contributed by atoms with Crippen LogP contribution in [0, 0.1) is 23.7 Å². The molecule has 7 heterocycles. The summed E-state index contributed by atoms with van der Waals surface area (Å²) in [7, 11) is 0. The van der Waals surface area contributed by atoms with Crippen molar-refractivity contribution in [3.05, 3.63) is 71.9 Å². The van der Waals surface area contributed by atoms with E-state index in [-0.39, 0.29) is 6.61 Å². The maximum absolute atomic E-state index is 10.1. The number of hydrogen-bond acceptors (Lipinski definition) is 8. The lowest BCUT2D eigenvalue weighted by Crippen LogP contribution is -2.68. The molecule has 0 saturated carbocycles. The summed E-state index contributed by atoms with van der Waals surface area (Å²) >= 11 is 0. The third kappa shape index (κ3) is 4.90. The molecule has 0 aliphatic carbocycles. The van der Waals surface area contributed by atoms with Gasteiger partial charge >= 0.3 is 0 Å². The summed E-state index contributed by atoms with van der Waals surface area (Å²) in [5.41, 5.74) is 3.53. The molecular formula is C30H29N7O2. The molecule has 9 heteroatoms. The Kier molecular flexibility index (Phi) is 6.19. The van der Waals surface area contributed by atoms with Gasteiger partial charge in [-0.1, -0.05) is 12.0 Å². The number of rotatable bonds is 7. The van der Waals surface area contributed by atoms with E-state index in [4.69, 9.17) is 16.1 Å². The second-order valence-corrected chi connectivity index (χ2v) is 10.8. The SMILES string of the molecule is C#Cc1cccc(CN2C3CC2CN(c2ccc(-c4cc(OCC(C)(C)O)cn5ncc(C#N)c45)cn2)C3)n1. The summed E-state index contributed by atoms with van der Waals surface area (Å²) in [6, 6.07) is 14.9. The van der Waals surface area contributed by atoms with Crippen LogP contribution >= 0.6 is 0 Å². The zero-order valence-electron chi connectivity index (χ0n) is 21.9. The number of nitrogens with zero attached hydrogens (tertiary/aromatic N) is 7. The maximum atomic E-state index is 10.1. The number of piperidine rings is 1. The van der Waals surface area contributed by atoms with Crippen molar-refractivity contribution in [2.24, 2.45) is 0 Å². The van der Waals surface area contributed by atoms with E-state index >= 15 is 0 Å². The van der Waals surface area contributed by atoms with Gasteiger partial charge in [-0.05, 0) is 50.6 Å². The Hall–Kier alpha value is -4.44. The average Bonchev–Trinajstić information content (AvgIpc) is 3.37. The predicted octanol–water partition coefficient (Wildman–Crippen LogP) is 3.26. The fourth-order valence-corrected chi connectivity index (χ4v) is 5.44. The van der Waals surface area contributed by atoms with Crippen LogP contribution in [-0.2, 0) is 6.54 Å². The summed E-state index contributed by atoms with van der Waals surface area (Å²) in [6.07, 6.45) is 11.8. The van der Waals surface area contributed by atoms with Gasteiger partial charge in [0.05, 0.1) is 34.8 Å². The van der Waals surface area contributed by atoms with Crippen LogP contribution in [0.1, 0.15) is 37.2 Å². The third-order valence-corrected chi connectivity index (χ3v) is 7.33. The van der Waals surface area contributed by atoms with Gasteiger partial charge < -0.3 is 14.7 Å². The third-order valence-electron chi connectivity index (χ3n) is 7.33. The molecule has 2 bridgehead atoms. The van der Waals surface area contributed by atoms with Crippen LogP contribution in [0.3, 0.4) is 0 Å². The molecule has 4 aromatic heterocycles. The molecule has 9 nitrogen and oxygen atoms in total. The number of pyridine rings is 3. The van der Waals surface area contributed by atoms with Crippen LogP contribution in [0.4, 0.5) is 5.82 Å². The highest BCUT2D eigenvalue weighted by Gasteiger charge is 2.44. The van der Waals surface area contributed by atoms with Crippen LogP contribution < -0.4 is 9.64 Å². The van der Waals surface area contributed by atoms with Crippen LogP contribution in [-0.4, -0.2) is 67.0 Å². The molecule has 7 rings (SSSR count). The van der Waals surface area contributed by atoms with Crippen LogP contribution in [0.2, 0.25) is 0 Å². The summed E-state index contributed by atoms with van der Waals surface area (Å²) in [4.78, 5) is 14.2. The largest absolute Gasteiger partial charge is 0.489 e. The van der Waals surface area contributed by atoms with Gasteiger partial charge in [0.25, 0.3) is 0 Å². The molecule has 2 atom stereocenters. The summed E-state index contributed by atoms with van der Waals surface area (Å²) in [5, 5.41) is 24.1. The summed E-state index contributed by atoms with van der Waals surface area (Å²) in [6.45, 7) is 6.12. The molecule has 4 aromatic rings. The Bertz CT molecular complexity index is 1600. The number of hydrogen-bond donors (Lipinski definition) is 1. The molecule has 3 fully saturated rings. The molecule has 2 unspecified atom stereocenters. The van der Waals surface area contributed by atoms with Crippen LogP contribution in [0.15, 0.2) is 55.0 Å². The van der Waals surface area contributed by atoms with Crippen LogP contribution in [0.25, 0.3) is 16.6 Å². The molecule has 1 N–H and O–H groups in total. The first-order valence-electron chi connectivity index (χ1n) is 13.0. The molecule has 0 spiro atoms. The maximum Gasteiger partial charge on any atom is 0.138 e. The Morgan fingerprint density at radius 1 is 1.18 bits per heavy atom. The Labute approximate surface area is 227 Å². The quantitative estimate of drug-likeness (QED) is 0.371. The molecule has 39 heavy (non-hydrogen) atoms. The van der Waals surface area contributed by atoms with Crippen molar-refractivity contribution < 1.29 is 9.84 Å². The molecule has 196 valence electrons. The van der Waals surface area contributed by atoms with Gasteiger partial charge in [0.2, 0.25) is 0 Å². The Balaban J connectivity index is 1.20. The number of aromatic nitrogens is 4. The molecule has 3 aliphatic rings. The standard InChI is InChI=1S/C30H29N7O2/c1-4-22-6-5-7-23(34-22)15-36-24-10-25(36)17-35(16-24)28-9-8-20(13-32-28)27-11-26(39-19-30(2,3)38)18-37-29(27)21(12-31)14-33-37/h1,5-9,11,13-14,18,24-25,38H,10,15-17,19H2,2-3H3. The molecule has 0 aromatic carbocycles. The molecular weight excluding hydrogens is 490 g/mol. The van der Waals surface area contributed by atoms with Gasteiger partial charge in [0, 0.05) is 49.0 Å². The van der Waals surface area contributed by atoms with E-state index in [1.807, 2.05) is 42.6 Å². The highest BCUT2D eigenvalue weighted by molar-refractivity contribution is 5.85. The van der Waals surface area contributed by atoms with Crippen molar-refractivity contribution >= 4 is 11.3 Å². The minimum atomic E-state index is -0.979. The van der Waals surface area contributed by atoms with Gasteiger partial charge in [0.15, 0.2) is 0 Å². The van der Waals surface area contributed by atoms with Crippen molar-refractivity contribution in [1.82, 2.24) is 24.5 Å². The number of ether oxygens (including phenoxy) is 1. The second-order valence-electron chi connectivity index (χ2n) is 10.8. The summed E-state index contributed by atoms with van der Waals surface area (Å²) < 4.78 is 7.48. The van der Waals surface area contributed by atoms with E-state index in [0.717, 1.165) is 42.3 Å². The normalized spacial score (nSPS) is 18.8. The second kappa shape index (κ2) is 9.70. The van der Waals surface area contributed by atoms with Gasteiger partial charge in [0.1, 0.15) is 29.9 Å². The van der Waals surface area contributed by atoms with Crippen molar-refractivity contribution in [3.63, 3.8) is 0 Å². The number of anilines is 1. The number of fused-ring (bicyclic) bond motifs is 3. The minimum absolute atomic E-state index is 0.126. The van der Waals surface area contributed by atoms with Gasteiger partial charge in [-0.15, -0.1) is 6.42 Å². The Morgan fingerprint density at radius 3 is 2.69 bits per heavy atom. The lowest BCUT2D eigenvalue weighted by atomic mass is 9.87. The van der Waals surface area contributed by atoms with E-state index in [2.05, 4.69) is 31.9 Å². The van der Waals surface area contributed by atoms with Crippen molar-refractivity contribution in [1.29, 1.82) is 5.26 Å². The van der Waals surface area contributed by atoms with E-state index in [1.54, 1.807) is 30.8 Å². The number of piperazine rings is 1. The zero-order chi connectivity index (χ0) is 27.1. The lowest BCUT2D eigenvalue weighted by molar-refractivity contribution is -0.00968. The number of nitriles is 1. The summed E-state index contributed by atoms with van der Waals surface area (Å²) in [5.74, 6) is 4.10. The van der Waals surface area contributed by atoms with Crippen LogP contribution in [0.5, 0.6) is 5.75 Å². The Morgan fingerprint density at radius 2 is 2.00 bits per heavy atom. The van der Waals surface area contributed by atoms with E-state index in [1.165, 1.54) is 6.42 Å². The minimum Gasteiger partial charge on any atom is -0.489 e. The molecule has 0 amide bonds. The highest BCUT2D eigenvalue weighted by Crippen LogP contribution is 2.36. The molecule has 3 saturated heterocycles. The van der Waals surface area contributed by atoms with Gasteiger partial charge in [-0.2, -0.15) is 10.4 Å². The zero-order valence-corrected chi connectivity index (χ0v) is 21.9. The predicted molar refractivity (Wildman–Crippen MR) is 147 cm³/mol. The smallest absolute Gasteiger partial charge is 0.138 e. The first-order chi connectivity index (χ1) is 18.8. The van der Waals surface area contributed by atoms with Crippen molar-refractivity contribution in [2.75, 3.05) is 24.6 Å². The fourth-order valence-electron chi connectivity index (χ4n) is 5.44. The first-order valence-corrected chi connectivity index (χ1v) is 13.0. The molecule has 3 aliphatic heterocycles. The number of terminal acetylenes is 1. The molecule has 0 radical (unpaired) electrons. The van der Waals surface area contributed by atoms with E-state index in [9.17, 15) is 10.4 Å². The number of aliphatic hydroxyl groups is 1. The van der Waals surface area contributed by atoms with Crippen molar-refractivity contribution in [2.45, 2.75) is 44.5 Å². The van der Waals surface area contributed by atoms with Crippen molar-refractivity contribution in [3.8, 4) is 35.3 Å². The van der Waals surface area contributed by atoms with E-state index in [0.29, 0.717) is 34.6 Å². The van der Waals surface area contributed by atoms with Gasteiger partial charge in [-0.25, -0.2) is 14.5 Å². The van der Waals surface area contributed by atoms with E-state index < -0.39 is 5.60 Å². The average molecular weight is 520 g/mol. The lowest BCUT2D eigenvalue weighted by Gasteiger charge is -2.56.